The maximum Gasteiger partial charge on any atom is 0.238 e. The van der Waals surface area contributed by atoms with Crippen LogP contribution in [0.2, 0.25) is 5.02 Å². The summed E-state index contributed by atoms with van der Waals surface area (Å²) in [6.45, 7) is 38.9. The summed E-state index contributed by atoms with van der Waals surface area (Å²) in [7, 11) is 0. The quantitative estimate of drug-likeness (QED) is 0.153. The number of hydrogen-bond donors (Lipinski definition) is 0. The molecule has 0 bridgehead atoms. The van der Waals surface area contributed by atoms with Gasteiger partial charge in [0.1, 0.15) is 17.2 Å². The number of Topliss-reactive ketones (excluding diaryl/α,β-unsaturated/α-hetero) is 2. The van der Waals surface area contributed by atoms with Crippen molar-refractivity contribution >= 4 is 34.1 Å². The van der Waals surface area contributed by atoms with Gasteiger partial charge in [-0.25, -0.2) is 8.78 Å². The van der Waals surface area contributed by atoms with Crippen molar-refractivity contribution in [1.29, 1.82) is 0 Å². The Morgan fingerprint density at radius 3 is 1.58 bits per heavy atom. The molecule has 7 heterocycles. The topological polar surface area (TPSA) is 112 Å². The maximum absolute atomic E-state index is 13.8. The van der Waals surface area contributed by atoms with Crippen LogP contribution < -0.4 is 33.2 Å². The number of fused-ring (bicyclic) bond motifs is 5. The molecule has 13 heteroatoms. The van der Waals surface area contributed by atoms with E-state index in [2.05, 4.69) is 156 Å². The molecule has 0 amide bonds. The zero-order valence-electron chi connectivity index (χ0n) is 60.3. The van der Waals surface area contributed by atoms with E-state index in [-0.39, 0.29) is 41.9 Å². The van der Waals surface area contributed by atoms with E-state index in [0.717, 1.165) is 106 Å². The zero-order chi connectivity index (χ0) is 70.4. The van der Waals surface area contributed by atoms with Crippen LogP contribution in [0, 0.1) is 25.5 Å². The number of pyridine rings is 1. The van der Waals surface area contributed by atoms with E-state index in [1.807, 2.05) is 70.3 Å². The molecule has 10 nitrogen and oxygen atoms in total. The van der Waals surface area contributed by atoms with Crippen LogP contribution in [0.5, 0.6) is 40.2 Å². The lowest BCUT2D eigenvalue weighted by atomic mass is 9.90. The molecule has 0 N–H and O–H groups in total. The van der Waals surface area contributed by atoms with Gasteiger partial charge in [0.05, 0.1) is 49.7 Å². The number of hydrogen-bond acceptors (Lipinski definition) is 10. The van der Waals surface area contributed by atoms with Crippen LogP contribution in [0.3, 0.4) is 0 Å². The fourth-order valence-corrected chi connectivity index (χ4v) is 12.7. The summed E-state index contributed by atoms with van der Waals surface area (Å²) in [6, 6.07) is 36.0. The fourth-order valence-electron chi connectivity index (χ4n) is 12.5. The predicted molar refractivity (Wildman–Crippen MR) is 390 cm³/mol. The molecule has 6 aliphatic rings. The third kappa shape index (κ3) is 19.2. The summed E-state index contributed by atoms with van der Waals surface area (Å²) in [4.78, 5) is 27.9. The number of aryl methyl sites for hydroxylation is 1. The van der Waals surface area contributed by atoms with Gasteiger partial charge in [0.25, 0.3) is 0 Å². The lowest BCUT2D eigenvalue weighted by molar-refractivity contribution is 0.0678. The highest BCUT2D eigenvalue weighted by Gasteiger charge is 2.28. The average molecular weight is 1340 g/mol. The molecule has 0 saturated carbocycles. The molecule has 0 radical (unpaired) electrons. The van der Waals surface area contributed by atoms with Crippen LogP contribution >= 0.6 is 11.6 Å². The van der Waals surface area contributed by atoms with Crippen molar-refractivity contribution in [2.45, 2.75) is 210 Å². The minimum atomic E-state index is -0.419. The van der Waals surface area contributed by atoms with Gasteiger partial charge in [0.2, 0.25) is 6.29 Å². The normalized spacial score (nSPS) is 15.1. The predicted octanol–water partition coefficient (Wildman–Crippen LogP) is 22.4. The molecule has 6 aliphatic heterocycles. The third-order valence-electron chi connectivity index (χ3n) is 18.2. The molecule has 1 aromatic heterocycles. The molecule has 0 fully saturated rings. The van der Waals surface area contributed by atoms with Gasteiger partial charge in [-0.2, -0.15) is 0 Å². The minimum absolute atomic E-state index is 0.0137. The largest absolute Gasteiger partial charge is 0.493 e. The first kappa shape index (κ1) is 74.8. The van der Waals surface area contributed by atoms with Crippen LogP contribution in [0.1, 0.15) is 258 Å². The molecule has 8 aromatic rings. The van der Waals surface area contributed by atoms with Gasteiger partial charge in [0, 0.05) is 48.4 Å². The van der Waals surface area contributed by atoms with E-state index in [1.54, 1.807) is 6.07 Å². The molecule has 0 saturated heterocycles. The van der Waals surface area contributed by atoms with Crippen molar-refractivity contribution in [3.63, 3.8) is 0 Å². The molecule has 1 atom stereocenters. The monoisotopic (exact) mass is 1340 g/mol. The summed E-state index contributed by atoms with van der Waals surface area (Å²) in [5, 5.41) is 2.03. The first-order valence-electron chi connectivity index (χ1n) is 35.0. The Bertz CT molecular complexity index is 3990. The lowest BCUT2D eigenvalue weighted by Gasteiger charge is -2.23. The second kappa shape index (κ2) is 34.5. The maximum atomic E-state index is 13.8. The molecule has 97 heavy (non-hydrogen) atoms. The molecule has 1 unspecified atom stereocenters. The number of ketones is 2. The number of carbonyl (C=O) groups excluding carboxylic acids is 2. The molecule has 518 valence electrons. The van der Waals surface area contributed by atoms with Crippen molar-refractivity contribution < 1.29 is 51.5 Å². The van der Waals surface area contributed by atoms with Crippen LogP contribution in [0.15, 0.2) is 115 Å². The summed E-state index contributed by atoms with van der Waals surface area (Å²) >= 11 is 5.72. The van der Waals surface area contributed by atoms with Gasteiger partial charge in [0.15, 0.2) is 46.2 Å². The first-order chi connectivity index (χ1) is 46.2. The van der Waals surface area contributed by atoms with E-state index in [1.165, 1.54) is 62.4 Å². The van der Waals surface area contributed by atoms with Gasteiger partial charge in [-0.3, -0.25) is 14.6 Å². The number of carbonyl (C=O) groups is 2. The summed E-state index contributed by atoms with van der Waals surface area (Å²) < 4.78 is 65.7. The Hall–Kier alpha value is -7.96. The Morgan fingerprint density at radius 1 is 0.433 bits per heavy atom. The van der Waals surface area contributed by atoms with Crippen LogP contribution in [-0.4, -0.2) is 55.9 Å². The van der Waals surface area contributed by atoms with Gasteiger partial charge in [-0.05, 0) is 209 Å². The van der Waals surface area contributed by atoms with Crippen LogP contribution in [0.4, 0.5) is 8.78 Å². The van der Waals surface area contributed by atoms with Gasteiger partial charge in [-0.1, -0.05) is 151 Å². The van der Waals surface area contributed by atoms with Crippen molar-refractivity contribution in [1.82, 2.24) is 4.98 Å². The van der Waals surface area contributed by atoms with Crippen LogP contribution in [-0.2, 0) is 19.3 Å². The molecular weight excluding hydrogens is 1240 g/mol. The van der Waals surface area contributed by atoms with Crippen molar-refractivity contribution in [2.75, 3.05) is 33.0 Å². The SMILES string of the molecule is CC(C)c1ccc(Cl)cc1.CC(C)c1ccc2c(c1)C(=O)CCO2.CC(C)c1ccc2c(c1)CCCO2.CC(C)c1ccc2c3c(ccnc13)CCO2.CC1Oc2ccc(C(C)C)cc2O1.Cc1c(C(C)C)cc(F)c2c1C(=O)CCO2.Cc1c(C(C)C)cc(F)c2c1CCCO2. The number of aromatic nitrogens is 1. The number of halogens is 3. The first-order valence-corrected chi connectivity index (χ1v) is 35.4. The lowest BCUT2D eigenvalue weighted by Crippen LogP contribution is -2.19. The highest BCUT2D eigenvalue weighted by atomic mass is 35.5. The van der Waals surface area contributed by atoms with Crippen molar-refractivity contribution in [3.8, 4) is 40.2 Å². The number of nitrogens with zero attached hydrogens (tertiary/aromatic N) is 1. The Labute approximate surface area is 581 Å². The smallest absolute Gasteiger partial charge is 0.238 e. The minimum Gasteiger partial charge on any atom is -0.493 e. The second-order valence-electron chi connectivity index (χ2n) is 27.8. The van der Waals surface area contributed by atoms with Gasteiger partial charge < -0.3 is 33.2 Å². The van der Waals surface area contributed by atoms with E-state index in [4.69, 9.17) is 44.8 Å². The third-order valence-corrected chi connectivity index (χ3v) is 18.5. The molecule has 7 aromatic carbocycles. The molecule has 0 aliphatic carbocycles. The van der Waals surface area contributed by atoms with E-state index in [0.29, 0.717) is 72.9 Å². The van der Waals surface area contributed by atoms with E-state index < -0.39 is 5.82 Å². The summed E-state index contributed by atoms with van der Waals surface area (Å²) in [5.41, 5.74) is 16.8. The summed E-state index contributed by atoms with van der Waals surface area (Å²) in [5.74, 6) is 8.03. The number of benzene rings is 7. The molecular formula is C84H102ClF2NO9. The number of ether oxygens (including phenoxy) is 7. The average Bonchev–Trinajstić information content (AvgIpc) is 0.793. The van der Waals surface area contributed by atoms with E-state index >= 15 is 0 Å². The Kier molecular flexibility index (Phi) is 26.6. The Balaban J connectivity index is 0.000000145. The molecule has 0 spiro atoms. The van der Waals surface area contributed by atoms with Crippen molar-refractivity contribution in [2.24, 2.45) is 0 Å². The fraction of sp³-hybridized carbons (Fsp3) is 0.440. The standard InChI is InChI=1S/C14H15NO.C13H15FO2.C13H17FO.C12H14O2.C12H16O.C11H14O2.C9H11Cl/c1-9(2)11-3-4-12-13-10(6-8-16-12)5-7-15-14(11)13;1-7(2)9-6-10(14)13-12(8(9)3)11(15)4-5-16-13;1-8(2)11-7-12(14)13-10(9(11)3)5-4-6-15-13;1-8(2)9-3-4-12-10(7-9)11(13)5-6-14-12;1-9(2)10-5-6-12-11(8-10)4-3-7-13-12;1-7(2)9-4-5-10-11(6-9)13-8(3)12-10;1-7(2)8-3-5-9(10)6-4-8/h3-5,7,9H,6,8H2,1-2H3;6-7H,4-5H2,1-3H3;7-8H,4-6H2,1-3H3;3-4,7-8H,5-6H2,1-2H3;5-6,8-9H,3-4,7H2,1-2H3;4-8H,1-3H3;3-7H,1-2H3. The highest BCUT2D eigenvalue weighted by molar-refractivity contribution is 6.30. The summed E-state index contributed by atoms with van der Waals surface area (Å²) in [6.07, 6.45) is 7.89. The van der Waals surface area contributed by atoms with Crippen LogP contribution in [0.25, 0.3) is 10.9 Å². The number of rotatable bonds is 7. The zero-order valence-corrected chi connectivity index (χ0v) is 61.1. The van der Waals surface area contributed by atoms with Crippen molar-refractivity contribution in [3.05, 3.63) is 210 Å². The second-order valence-corrected chi connectivity index (χ2v) is 28.3. The van der Waals surface area contributed by atoms with Gasteiger partial charge in [-0.15, -0.1) is 0 Å². The van der Waals surface area contributed by atoms with Gasteiger partial charge >= 0.3 is 0 Å². The molecule has 14 rings (SSSR count). The Morgan fingerprint density at radius 2 is 0.928 bits per heavy atom. The highest BCUT2D eigenvalue weighted by Crippen LogP contribution is 2.40. The van der Waals surface area contributed by atoms with E-state index in [9.17, 15) is 18.4 Å².